The molecule has 0 radical (unpaired) electrons. The van der Waals surface area contributed by atoms with Crippen molar-refractivity contribution < 1.29 is 9.59 Å². The van der Waals surface area contributed by atoms with E-state index in [0.29, 0.717) is 29.7 Å². The van der Waals surface area contributed by atoms with Gasteiger partial charge in [-0.25, -0.2) is 0 Å². The van der Waals surface area contributed by atoms with Crippen LogP contribution in [0.25, 0.3) is 5.69 Å². The van der Waals surface area contributed by atoms with Crippen molar-refractivity contribution in [2.24, 2.45) is 5.41 Å². The summed E-state index contributed by atoms with van der Waals surface area (Å²) in [5, 5.41) is 0. The average molecular weight is 429 g/mol. The van der Waals surface area contributed by atoms with Gasteiger partial charge < -0.3 is 4.90 Å². The Morgan fingerprint density at radius 3 is 2.34 bits per heavy atom. The van der Waals surface area contributed by atoms with Crippen LogP contribution >= 0.6 is 0 Å². The lowest BCUT2D eigenvalue weighted by molar-refractivity contribution is 0.0910. The number of aromatic nitrogens is 1. The average Bonchev–Trinajstić information content (AvgIpc) is 2.77. The Bertz CT molecular complexity index is 1260. The van der Waals surface area contributed by atoms with Crippen molar-refractivity contribution >= 4 is 17.4 Å². The molecular formula is C27H28N2O3. The third-order valence-electron chi connectivity index (χ3n) is 6.20. The number of amides is 1. The molecule has 0 unspecified atom stereocenters. The number of Topliss-reactive ketones (excluding diaryl/α,β-unsaturated/α-hetero) is 1. The fourth-order valence-electron chi connectivity index (χ4n) is 4.56. The second kappa shape index (κ2) is 8.23. The molecule has 32 heavy (non-hydrogen) atoms. The van der Waals surface area contributed by atoms with Gasteiger partial charge in [0.25, 0.3) is 11.5 Å². The molecule has 1 aromatic heterocycles. The maximum Gasteiger partial charge on any atom is 0.268 e. The molecule has 1 heterocycles. The van der Waals surface area contributed by atoms with Crippen molar-refractivity contribution in [1.82, 2.24) is 4.57 Å². The Hall–Kier alpha value is -3.47. The van der Waals surface area contributed by atoms with E-state index in [2.05, 4.69) is 0 Å². The number of para-hydroxylation sites is 2. The van der Waals surface area contributed by atoms with Gasteiger partial charge in [0.05, 0.1) is 0 Å². The minimum atomic E-state index is -0.397. The van der Waals surface area contributed by atoms with Crippen molar-refractivity contribution in [1.29, 1.82) is 0 Å². The normalized spacial score (nSPS) is 14.7. The molecule has 0 fully saturated rings. The zero-order chi connectivity index (χ0) is 23.0. The lowest BCUT2D eigenvalue weighted by Crippen LogP contribution is -2.40. The molecule has 0 saturated carbocycles. The van der Waals surface area contributed by atoms with E-state index in [1.807, 2.05) is 63.2 Å². The molecule has 4 rings (SSSR count). The second-order valence-electron chi connectivity index (χ2n) is 9.19. The van der Waals surface area contributed by atoms with Gasteiger partial charge in [-0.2, -0.15) is 0 Å². The minimum Gasteiger partial charge on any atom is -0.311 e. The zero-order valence-electron chi connectivity index (χ0n) is 19.0. The van der Waals surface area contributed by atoms with Crippen molar-refractivity contribution in [2.75, 3.05) is 11.9 Å². The molecule has 0 saturated heterocycles. The van der Waals surface area contributed by atoms with Crippen LogP contribution in [-0.2, 0) is 12.8 Å². The summed E-state index contributed by atoms with van der Waals surface area (Å²) in [6, 6.07) is 16.8. The molecular weight excluding hydrogens is 400 g/mol. The molecule has 1 aliphatic carbocycles. The molecule has 0 bridgehead atoms. The Morgan fingerprint density at radius 1 is 1.00 bits per heavy atom. The maximum absolute atomic E-state index is 13.8. The number of nitrogens with zero attached hydrogens (tertiary/aromatic N) is 2. The van der Waals surface area contributed by atoms with Crippen LogP contribution in [0.4, 0.5) is 5.69 Å². The third-order valence-corrected chi connectivity index (χ3v) is 6.20. The quantitative estimate of drug-likeness (QED) is 0.598. The molecule has 3 aromatic rings. The predicted octanol–water partition coefficient (Wildman–Crippen LogP) is 4.83. The summed E-state index contributed by atoms with van der Waals surface area (Å²) in [4.78, 5) is 42.1. The molecule has 0 aliphatic heterocycles. The van der Waals surface area contributed by atoms with E-state index in [0.717, 1.165) is 17.7 Å². The van der Waals surface area contributed by atoms with Gasteiger partial charge in [-0.1, -0.05) is 57.2 Å². The lowest BCUT2D eigenvalue weighted by Gasteiger charge is -2.32. The van der Waals surface area contributed by atoms with Gasteiger partial charge >= 0.3 is 0 Å². The first kappa shape index (κ1) is 21.8. The molecule has 1 aliphatic rings. The van der Waals surface area contributed by atoms with E-state index < -0.39 is 5.56 Å². The number of carbonyl (C=O) groups excluding carboxylic acids is 2. The van der Waals surface area contributed by atoms with Gasteiger partial charge in [0.1, 0.15) is 5.56 Å². The molecule has 2 aromatic carbocycles. The number of ketones is 1. The number of fused-ring (bicyclic) bond motifs is 1. The van der Waals surface area contributed by atoms with Crippen molar-refractivity contribution in [3.05, 3.63) is 93.4 Å². The molecule has 0 atom stereocenters. The molecule has 5 nitrogen and oxygen atoms in total. The monoisotopic (exact) mass is 428 g/mol. The van der Waals surface area contributed by atoms with Crippen LogP contribution in [0, 0.1) is 5.41 Å². The molecule has 0 spiro atoms. The fraction of sp³-hybridized carbons (Fsp3) is 0.296. The Balaban J connectivity index is 1.96. The number of hydrogen-bond donors (Lipinski definition) is 0. The Morgan fingerprint density at radius 2 is 1.66 bits per heavy atom. The van der Waals surface area contributed by atoms with E-state index in [4.69, 9.17) is 0 Å². The number of pyridine rings is 1. The molecule has 164 valence electrons. The largest absolute Gasteiger partial charge is 0.311 e. The fourth-order valence-corrected chi connectivity index (χ4v) is 4.56. The number of rotatable bonds is 4. The van der Waals surface area contributed by atoms with Crippen LogP contribution in [0.5, 0.6) is 0 Å². The van der Waals surface area contributed by atoms with Crippen molar-refractivity contribution in [2.45, 2.75) is 40.0 Å². The SMILES string of the molecule is CCc1ccccc1N(C)C(=O)c1c2c(cn(-c3ccccc3)c1=O)C(=O)CC(C)(C)C2. The van der Waals surface area contributed by atoms with Crippen LogP contribution in [0.3, 0.4) is 0 Å². The van der Waals surface area contributed by atoms with Crippen molar-refractivity contribution in [3.63, 3.8) is 0 Å². The first-order chi connectivity index (χ1) is 15.2. The smallest absolute Gasteiger partial charge is 0.268 e. The van der Waals surface area contributed by atoms with E-state index in [9.17, 15) is 14.4 Å². The summed E-state index contributed by atoms with van der Waals surface area (Å²) in [6.45, 7) is 6.03. The first-order valence-electron chi connectivity index (χ1n) is 11.0. The zero-order valence-corrected chi connectivity index (χ0v) is 19.0. The number of aryl methyl sites for hydroxylation is 1. The van der Waals surface area contributed by atoms with Gasteiger partial charge in [0, 0.05) is 36.6 Å². The van der Waals surface area contributed by atoms with E-state index in [-0.39, 0.29) is 22.7 Å². The number of benzene rings is 2. The lowest BCUT2D eigenvalue weighted by atomic mass is 9.73. The molecule has 0 N–H and O–H groups in total. The summed E-state index contributed by atoms with van der Waals surface area (Å²) in [5.74, 6) is -0.422. The standard InChI is InChI=1S/C27H28N2O3/c1-5-18-11-9-10-14-22(18)28(4)25(31)24-20-15-27(2,3)16-23(30)21(20)17-29(26(24)32)19-12-7-6-8-13-19/h6-14,17H,5,15-16H2,1-4H3. The summed E-state index contributed by atoms with van der Waals surface area (Å²) >= 11 is 0. The highest BCUT2D eigenvalue weighted by Gasteiger charge is 2.36. The summed E-state index contributed by atoms with van der Waals surface area (Å²) in [7, 11) is 1.69. The van der Waals surface area contributed by atoms with E-state index in [1.165, 1.54) is 9.47 Å². The number of carbonyl (C=O) groups is 2. The van der Waals surface area contributed by atoms with Gasteiger partial charge in [0.15, 0.2) is 5.78 Å². The molecule has 1 amide bonds. The van der Waals surface area contributed by atoms with Crippen LogP contribution in [0.1, 0.15) is 59.0 Å². The Kier molecular flexibility index (Phi) is 5.59. The van der Waals surface area contributed by atoms with Crippen LogP contribution < -0.4 is 10.5 Å². The third kappa shape index (κ3) is 3.79. The second-order valence-corrected chi connectivity index (χ2v) is 9.19. The molecule has 5 heteroatoms. The van der Waals surface area contributed by atoms with Gasteiger partial charge in [-0.15, -0.1) is 0 Å². The van der Waals surface area contributed by atoms with Gasteiger partial charge in [0.2, 0.25) is 0 Å². The highest BCUT2D eigenvalue weighted by Crippen LogP contribution is 2.36. The Labute approximate surface area is 188 Å². The minimum absolute atomic E-state index is 0.0356. The first-order valence-corrected chi connectivity index (χ1v) is 11.0. The topological polar surface area (TPSA) is 59.4 Å². The van der Waals surface area contributed by atoms with E-state index in [1.54, 1.807) is 25.4 Å². The maximum atomic E-state index is 13.8. The highest BCUT2D eigenvalue weighted by atomic mass is 16.2. The summed E-state index contributed by atoms with van der Waals surface area (Å²) < 4.78 is 1.43. The van der Waals surface area contributed by atoms with Gasteiger partial charge in [-0.3, -0.25) is 19.0 Å². The van der Waals surface area contributed by atoms with Crippen LogP contribution in [0.2, 0.25) is 0 Å². The van der Waals surface area contributed by atoms with Crippen LogP contribution in [0.15, 0.2) is 65.6 Å². The highest BCUT2D eigenvalue weighted by molar-refractivity contribution is 6.10. The predicted molar refractivity (Wildman–Crippen MR) is 127 cm³/mol. The van der Waals surface area contributed by atoms with Crippen LogP contribution in [-0.4, -0.2) is 23.3 Å². The van der Waals surface area contributed by atoms with Crippen molar-refractivity contribution in [3.8, 4) is 5.69 Å². The summed E-state index contributed by atoms with van der Waals surface area (Å²) in [5.41, 5.74) is 2.82. The number of anilines is 1. The number of hydrogen-bond acceptors (Lipinski definition) is 3. The summed E-state index contributed by atoms with van der Waals surface area (Å²) in [6.07, 6.45) is 3.26. The van der Waals surface area contributed by atoms with Gasteiger partial charge in [-0.05, 0) is 47.6 Å². The van der Waals surface area contributed by atoms with E-state index >= 15 is 0 Å².